The minimum absolute atomic E-state index is 0.788. The molecule has 0 atom stereocenters. The Bertz CT molecular complexity index is 171. The summed E-state index contributed by atoms with van der Waals surface area (Å²) in [5.41, 5.74) is 0. The number of hydrogen-bond acceptors (Lipinski definition) is 3. The van der Waals surface area contributed by atoms with Crippen LogP contribution in [0.5, 0.6) is 0 Å². The van der Waals surface area contributed by atoms with E-state index in [0.29, 0.717) is 0 Å². The zero-order chi connectivity index (χ0) is 17.4. The van der Waals surface area contributed by atoms with Gasteiger partial charge in [-0.25, -0.2) is 0 Å². The van der Waals surface area contributed by atoms with E-state index < -0.39 is 0 Å². The molecule has 0 unspecified atom stereocenters. The standard InChI is InChI=1S/C13H27N3.3C2H6/c1-15-7-3-12(4-8-15)11-14-13-5-9-16(2)10-6-13;3*1-2/h12-14H,3-11H2,1-2H3;3*1-2H3. The Labute approximate surface area is 141 Å². The summed E-state index contributed by atoms with van der Waals surface area (Å²) in [6.45, 7) is 18.4. The third kappa shape index (κ3) is 11.4. The maximum atomic E-state index is 3.78. The molecule has 3 nitrogen and oxygen atoms in total. The van der Waals surface area contributed by atoms with Gasteiger partial charge in [0.15, 0.2) is 0 Å². The van der Waals surface area contributed by atoms with Gasteiger partial charge in [-0.05, 0) is 78.4 Å². The van der Waals surface area contributed by atoms with Gasteiger partial charge in [0.1, 0.15) is 0 Å². The molecule has 0 aliphatic carbocycles. The van der Waals surface area contributed by atoms with Crippen LogP contribution in [0.2, 0.25) is 0 Å². The van der Waals surface area contributed by atoms with E-state index >= 15 is 0 Å². The third-order valence-corrected chi connectivity index (χ3v) is 4.25. The molecule has 0 aromatic rings. The maximum absolute atomic E-state index is 3.78. The first-order valence-electron chi connectivity index (χ1n) is 9.84. The van der Waals surface area contributed by atoms with E-state index in [4.69, 9.17) is 0 Å². The van der Waals surface area contributed by atoms with Crippen LogP contribution in [0.3, 0.4) is 0 Å². The third-order valence-electron chi connectivity index (χ3n) is 4.25. The Morgan fingerprint density at radius 3 is 1.45 bits per heavy atom. The summed E-state index contributed by atoms with van der Waals surface area (Å²) in [6.07, 6.45) is 5.44. The zero-order valence-electron chi connectivity index (χ0n) is 16.9. The number of hydrogen-bond donors (Lipinski definition) is 1. The van der Waals surface area contributed by atoms with Crippen molar-refractivity contribution in [3.05, 3.63) is 0 Å². The van der Waals surface area contributed by atoms with Crippen LogP contribution in [0.1, 0.15) is 67.2 Å². The topological polar surface area (TPSA) is 18.5 Å². The van der Waals surface area contributed by atoms with E-state index in [1.807, 2.05) is 41.5 Å². The van der Waals surface area contributed by atoms with Gasteiger partial charge in [-0.15, -0.1) is 0 Å². The molecule has 2 saturated heterocycles. The molecule has 2 aliphatic rings. The van der Waals surface area contributed by atoms with Gasteiger partial charge in [0.05, 0.1) is 0 Å². The van der Waals surface area contributed by atoms with Gasteiger partial charge in [0, 0.05) is 6.04 Å². The van der Waals surface area contributed by atoms with Crippen molar-refractivity contribution < 1.29 is 0 Å². The van der Waals surface area contributed by atoms with Crippen molar-refractivity contribution in [2.75, 3.05) is 46.8 Å². The largest absolute Gasteiger partial charge is 0.314 e. The Balaban J connectivity index is 0. The fourth-order valence-electron chi connectivity index (χ4n) is 2.81. The van der Waals surface area contributed by atoms with Gasteiger partial charge in [0.2, 0.25) is 0 Å². The van der Waals surface area contributed by atoms with Crippen LogP contribution in [0.4, 0.5) is 0 Å². The minimum Gasteiger partial charge on any atom is -0.314 e. The highest BCUT2D eigenvalue weighted by Crippen LogP contribution is 2.16. The predicted octanol–water partition coefficient (Wildman–Crippen LogP) is 4.09. The molecule has 2 heterocycles. The Kier molecular flexibility index (Phi) is 18.9. The van der Waals surface area contributed by atoms with E-state index in [1.165, 1.54) is 58.4 Å². The first kappa shape index (κ1) is 24.1. The van der Waals surface area contributed by atoms with Crippen LogP contribution >= 0.6 is 0 Å². The molecule has 0 radical (unpaired) electrons. The second kappa shape index (κ2) is 17.2. The molecular formula is C19H45N3. The maximum Gasteiger partial charge on any atom is 0.00915 e. The summed E-state index contributed by atoms with van der Waals surface area (Å²) in [4.78, 5) is 4.89. The summed E-state index contributed by atoms with van der Waals surface area (Å²) < 4.78 is 0. The molecule has 1 N–H and O–H groups in total. The fourth-order valence-corrected chi connectivity index (χ4v) is 2.81. The molecule has 3 heteroatoms. The van der Waals surface area contributed by atoms with Crippen LogP contribution in [0, 0.1) is 5.92 Å². The number of likely N-dealkylation sites (tertiary alicyclic amines) is 2. The van der Waals surface area contributed by atoms with E-state index in [1.54, 1.807) is 0 Å². The molecule has 2 rings (SSSR count). The molecule has 0 spiro atoms. The number of rotatable bonds is 3. The monoisotopic (exact) mass is 315 g/mol. The highest BCUT2D eigenvalue weighted by atomic mass is 15.1. The van der Waals surface area contributed by atoms with Gasteiger partial charge >= 0.3 is 0 Å². The first-order valence-corrected chi connectivity index (χ1v) is 9.84. The van der Waals surface area contributed by atoms with Crippen LogP contribution in [0.25, 0.3) is 0 Å². The molecule has 0 aromatic heterocycles. The highest BCUT2D eigenvalue weighted by Gasteiger charge is 2.20. The average molecular weight is 316 g/mol. The van der Waals surface area contributed by atoms with Crippen molar-refractivity contribution >= 4 is 0 Å². The van der Waals surface area contributed by atoms with Gasteiger partial charge in [-0.3, -0.25) is 0 Å². The van der Waals surface area contributed by atoms with Crippen molar-refractivity contribution in [2.24, 2.45) is 5.92 Å². The molecule has 0 amide bonds. The quantitative estimate of drug-likeness (QED) is 0.846. The summed E-state index contributed by atoms with van der Waals surface area (Å²) in [7, 11) is 4.47. The molecule has 0 bridgehead atoms. The van der Waals surface area contributed by atoms with Gasteiger partial charge in [-0.2, -0.15) is 0 Å². The van der Waals surface area contributed by atoms with E-state index in [2.05, 4.69) is 29.2 Å². The molecular weight excluding hydrogens is 270 g/mol. The first-order chi connectivity index (χ1) is 10.7. The lowest BCUT2D eigenvalue weighted by atomic mass is 9.96. The lowest BCUT2D eigenvalue weighted by Gasteiger charge is -2.33. The Morgan fingerprint density at radius 1 is 0.682 bits per heavy atom. The zero-order valence-corrected chi connectivity index (χ0v) is 16.9. The molecule has 0 aromatic carbocycles. The summed E-state index contributed by atoms with van der Waals surface area (Å²) in [6, 6.07) is 0.788. The number of piperidine rings is 2. The van der Waals surface area contributed by atoms with Gasteiger partial charge < -0.3 is 15.1 Å². The number of nitrogens with one attached hydrogen (secondary N) is 1. The molecule has 136 valence electrons. The lowest BCUT2D eigenvalue weighted by molar-refractivity contribution is 0.195. The van der Waals surface area contributed by atoms with Crippen molar-refractivity contribution in [2.45, 2.75) is 73.3 Å². The highest BCUT2D eigenvalue weighted by molar-refractivity contribution is 4.78. The van der Waals surface area contributed by atoms with Crippen LogP contribution in [0.15, 0.2) is 0 Å². The normalized spacial score (nSPS) is 20.7. The number of nitrogens with zero attached hydrogens (tertiary/aromatic N) is 2. The minimum atomic E-state index is 0.788. The smallest absolute Gasteiger partial charge is 0.00915 e. The second-order valence-corrected chi connectivity index (χ2v) is 5.73. The van der Waals surface area contributed by atoms with Crippen molar-refractivity contribution in [1.29, 1.82) is 0 Å². The van der Waals surface area contributed by atoms with Crippen molar-refractivity contribution in [3.8, 4) is 0 Å². The SMILES string of the molecule is CC.CC.CC.CN1CCC(CNC2CCN(C)CC2)CC1. The second-order valence-electron chi connectivity index (χ2n) is 5.73. The average Bonchev–Trinajstić information content (AvgIpc) is 2.61. The summed E-state index contributed by atoms with van der Waals surface area (Å²) in [5, 5.41) is 3.78. The lowest BCUT2D eigenvalue weighted by Crippen LogP contribution is -2.43. The van der Waals surface area contributed by atoms with Crippen molar-refractivity contribution in [1.82, 2.24) is 15.1 Å². The Hall–Kier alpha value is -0.120. The van der Waals surface area contributed by atoms with E-state index in [-0.39, 0.29) is 0 Å². The van der Waals surface area contributed by atoms with Crippen LogP contribution in [-0.2, 0) is 0 Å². The van der Waals surface area contributed by atoms with Crippen molar-refractivity contribution in [3.63, 3.8) is 0 Å². The molecule has 0 saturated carbocycles. The van der Waals surface area contributed by atoms with Crippen LogP contribution < -0.4 is 5.32 Å². The van der Waals surface area contributed by atoms with Gasteiger partial charge in [0.25, 0.3) is 0 Å². The predicted molar refractivity (Wildman–Crippen MR) is 103 cm³/mol. The van der Waals surface area contributed by atoms with Gasteiger partial charge in [-0.1, -0.05) is 41.5 Å². The fraction of sp³-hybridized carbons (Fsp3) is 1.00. The summed E-state index contributed by atoms with van der Waals surface area (Å²) >= 11 is 0. The molecule has 2 aliphatic heterocycles. The Morgan fingerprint density at radius 2 is 1.05 bits per heavy atom. The van der Waals surface area contributed by atoms with Crippen LogP contribution in [-0.4, -0.2) is 62.7 Å². The van der Waals surface area contributed by atoms with E-state index in [9.17, 15) is 0 Å². The summed E-state index contributed by atoms with van der Waals surface area (Å²) in [5.74, 6) is 0.927. The molecule has 2 fully saturated rings. The molecule has 22 heavy (non-hydrogen) atoms. The van der Waals surface area contributed by atoms with E-state index in [0.717, 1.165) is 12.0 Å².